The second-order valence-corrected chi connectivity index (χ2v) is 4.97. The average molecular weight is 328 g/mol. The summed E-state index contributed by atoms with van der Waals surface area (Å²) in [7, 11) is 0. The largest absolute Gasteiger partial charge is 0.394 e. The molecule has 2 rings (SSSR count). The lowest BCUT2D eigenvalue weighted by molar-refractivity contribution is 0.274. The Kier molecular flexibility index (Phi) is 4.50. The number of hydrogen-bond donors (Lipinski definition) is 2. The molecule has 19 heavy (non-hydrogen) atoms. The molecule has 5 heteroatoms. The van der Waals surface area contributed by atoms with Crippen LogP contribution in [0.15, 0.2) is 46.9 Å². The smallest absolute Gasteiger partial charge is 0.129 e. The molecule has 2 aromatic rings. The summed E-state index contributed by atoms with van der Waals surface area (Å²) in [6.07, 6.45) is 0. The molecule has 2 aromatic carbocycles. The molecule has 2 nitrogen and oxygen atoms in total. The third kappa shape index (κ3) is 3.52. The molecule has 0 aliphatic carbocycles. The van der Waals surface area contributed by atoms with Crippen molar-refractivity contribution in [3.05, 3.63) is 64.1 Å². The van der Waals surface area contributed by atoms with E-state index >= 15 is 0 Å². The van der Waals surface area contributed by atoms with Crippen molar-refractivity contribution in [3.8, 4) is 0 Å². The maximum Gasteiger partial charge on any atom is 0.129 e. The molecule has 2 N–H and O–H groups in total. The van der Waals surface area contributed by atoms with Gasteiger partial charge in [0.1, 0.15) is 11.6 Å². The van der Waals surface area contributed by atoms with Crippen LogP contribution < -0.4 is 5.32 Å². The highest BCUT2D eigenvalue weighted by molar-refractivity contribution is 9.10. The van der Waals surface area contributed by atoms with Crippen LogP contribution in [0.25, 0.3) is 0 Å². The highest BCUT2D eigenvalue weighted by atomic mass is 79.9. The first-order valence-corrected chi connectivity index (χ1v) is 6.47. The molecule has 1 unspecified atom stereocenters. The van der Waals surface area contributed by atoms with Crippen LogP contribution >= 0.6 is 15.9 Å². The second kappa shape index (κ2) is 6.12. The van der Waals surface area contributed by atoms with Gasteiger partial charge >= 0.3 is 0 Å². The lowest BCUT2D eigenvalue weighted by atomic mass is 10.1. The number of nitrogens with one attached hydrogen (secondary N) is 1. The third-order valence-electron chi connectivity index (χ3n) is 2.69. The molecule has 0 aliphatic rings. The van der Waals surface area contributed by atoms with Gasteiger partial charge in [-0.1, -0.05) is 28.1 Å². The molecule has 0 fully saturated rings. The standard InChI is InChI=1S/C14H12BrF2NO/c15-9-4-5-12(13(17)6-9)14(8-19)18-11-3-1-2-10(16)7-11/h1-7,14,18-19H,8H2. The molecule has 0 aromatic heterocycles. The van der Waals surface area contributed by atoms with Crippen LogP contribution in [-0.2, 0) is 0 Å². The summed E-state index contributed by atoms with van der Waals surface area (Å²) in [5.41, 5.74) is 0.816. The minimum absolute atomic E-state index is 0.297. The Labute approximate surface area is 118 Å². The Hall–Kier alpha value is -1.46. The van der Waals surface area contributed by atoms with Crippen LogP contribution in [-0.4, -0.2) is 11.7 Å². The maximum atomic E-state index is 13.8. The van der Waals surface area contributed by atoms with E-state index in [2.05, 4.69) is 21.2 Å². The normalized spacial score (nSPS) is 12.2. The minimum Gasteiger partial charge on any atom is -0.394 e. The Morgan fingerprint density at radius 2 is 1.95 bits per heavy atom. The van der Waals surface area contributed by atoms with Gasteiger partial charge in [0.2, 0.25) is 0 Å². The second-order valence-electron chi connectivity index (χ2n) is 4.06. The molecule has 0 aliphatic heterocycles. The summed E-state index contributed by atoms with van der Waals surface area (Å²) in [4.78, 5) is 0. The van der Waals surface area contributed by atoms with Crippen molar-refractivity contribution in [1.29, 1.82) is 0 Å². The summed E-state index contributed by atoms with van der Waals surface area (Å²) in [6.45, 7) is -0.297. The Bertz CT molecular complexity index is 577. The highest BCUT2D eigenvalue weighted by Crippen LogP contribution is 2.24. The fourth-order valence-corrected chi connectivity index (χ4v) is 2.12. The number of rotatable bonds is 4. The third-order valence-corrected chi connectivity index (χ3v) is 3.18. The van der Waals surface area contributed by atoms with Crippen LogP contribution in [0.5, 0.6) is 0 Å². The van der Waals surface area contributed by atoms with Crippen molar-refractivity contribution in [1.82, 2.24) is 0 Å². The van der Waals surface area contributed by atoms with Crippen LogP contribution in [0.1, 0.15) is 11.6 Å². The van der Waals surface area contributed by atoms with E-state index in [9.17, 15) is 13.9 Å². The summed E-state index contributed by atoms with van der Waals surface area (Å²) in [5.74, 6) is -0.824. The Morgan fingerprint density at radius 1 is 1.16 bits per heavy atom. The van der Waals surface area contributed by atoms with Crippen molar-refractivity contribution in [2.75, 3.05) is 11.9 Å². The molecular weight excluding hydrogens is 316 g/mol. The van der Waals surface area contributed by atoms with E-state index in [1.165, 1.54) is 18.2 Å². The zero-order chi connectivity index (χ0) is 13.8. The summed E-state index contributed by atoms with van der Waals surface area (Å²) in [6, 6.07) is 9.77. The first-order chi connectivity index (χ1) is 9.10. The fraction of sp³-hybridized carbons (Fsp3) is 0.143. The predicted molar refractivity (Wildman–Crippen MR) is 73.9 cm³/mol. The molecular formula is C14H12BrF2NO. The van der Waals surface area contributed by atoms with Crippen LogP contribution in [0, 0.1) is 11.6 Å². The number of benzene rings is 2. The lowest BCUT2D eigenvalue weighted by Crippen LogP contribution is -2.16. The number of aliphatic hydroxyl groups is 1. The topological polar surface area (TPSA) is 32.3 Å². The van der Waals surface area contributed by atoms with Gasteiger partial charge in [0.25, 0.3) is 0 Å². The zero-order valence-electron chi connectivity index (χ0n) is 9.91. The Morgan fingerprint density at radius 3 is 2.58 bits per heavy atom. The van der Waals surface area contributed by atoms with Crippen molar-refractivity contribution < 1.29 is 13.9 Å². The number of aliphatic hydroxyl groups excluding tert-OH is 1. The van der Waals surface area contributed by atoms with Gasteiger partial charge in [-0.2, -0.15) is 0 Å². The van der Waals surface area contributed by atoms with Gasteiger partial charge in [0.15, 0.2) is 0 Å². The van der Waals surface area contributed by atoms with Gasteiger partial charge in [0.05, 0.1) is 12.6 Å². The van der Waals surface area contributed by atoms with E-state index < -0.39 is 17.7 Å². The van der Waals surface area contributed by atoms with Gasteiger partial charge < -0.3 is 10.4 Å². The monoisotopic (exact) mass is 327 g/mol. The summed E-state index contributed by atoms with van der Waals surface area (Å²) < 4.78 is 27.5. The number of anilines is 1. The molecule has 0 bridgehead atoms. The van der Waals surface area contributed by atoms with Crippen molar-refractivity contribution in [2.24, 2.45) is 0 Å². The number of halogens is 3. The van der Waals surface area contributed by atoms with Crippen molar-refractivity contribution >= 4 is 21.6 Å². The first-order valence-electron chi connectivity index (χ1n) is 5.68. The molecule has 1 atom stereocenters. The fourth-order valence-electron chi connectivity index (χ4n) is 1.79. The van der Waals surface area contributed by atoms with E-state index in [0.717, 1.165) is 0 Å². The van der Waals surface area contributed by atoms with Gasteiger partial charge in [0, 0.05) is 15.7 Å². The van der Waals surface area contributed by atoms with Gasteiger partial charge in [-0.15, -0.1) is 0 Å². The average Bonchev–Trinajstić information content (AvgIpc) is 2.37. The molecule has 0 amide bonds. The quantitative estimate of drug-likeness (QED) is 0.893. The maximum absolute atomic E-state index is 13.8. The zero-order valence-corrected chi connectivity index (χ0v) is 11.5. The van der Waals surface area contributed by atoms with E-state index in [0.29, 0.717) is 15.7 Å². The summed E-state index contributed by atoms with van der Waals surface area (Å²) >= 11 is 3.17. The van der Waals surface area contributed by atoms with E-state index in [-0.39, 0.29) is 6.61 Å². The summed E-state index contributed by atoms with van der Waals surface area (Å²) in [5, 5.41) is 12.3. The lowest BCUT2D eigenvalue weighted by Gasteiger charge is -2.18. The minimum atomic E-state index is -0.630. The molecule has 0 saturated heterocycles. The van der Waals surface area contributed by atoms with Crippen LogP contribution in [0.4, 0.5) is 14.5 Å². The predicted octanol–water partition coefficient (Wildman–Crippen LogP) is 3.87. The molecule has 0 radical (unpaired) electrons. The molecule has 0 heterocycles. The van der Waals surface area contributed by atoms with Gasteiger partial charge in [-0.05, 0) is 30.3 Å². The van der Waals surface area contributed by atoms with Gasteiger partial charge in [-0.3, -0.25) is 0 Å². The SMILES string of the molecule is OCC(Nc1cccc(F)c1)c1ccc(Br)cc1F. The van der Waals surface area contributed by atoms with Crippen molar-refractivity contribution in [3.63, 3.8) is 0 Å². The molecule has 0 saturated carbocycles. The molecule has 100 valence electrons. The van der Waals surface area contributed by atoms with Crippen LogP contribution in [0.2, 0.25) is 0 Å². The van der Waals surface area contributed by atoms with E-state index in [4.69, 9.17) is 0 Å². The Balaban J connectivity index is 2.25. The van der Waals surface area contributed by atoms with Crippen molar-refractivity contribution in [2.45, 2.75) is 6.04 Å². The van der Waals surface area contributed by atoms with E-state index in [1.807, 2.05) is 0 Å². The first kappa shape index (κ1) is 14.0. The van der Waals surface area contributed by atoms with E-state index in [1.54, 1.807) is 24.3 Å². The highest BCUT2D eigenvalue weighted by Gasteiger charge is 2.15. The molecule has 0 spiro atoms. The van der Waals surface area contributed by atoms with Gasteiger partial charge in [-0.25, -0.2) is 8.78 Å². The number of hydrogen-bond acceptors (Lipinski definition) is 2. The van der Waals surface area contributed by atoms with Crippen LogP contribution in [0.3, 0.4) is 0 Å².